The van der Waals surface area contributed by atoms with Crippen molar-refractivity contribution in [2.75, 3.05) is 11.1 Å². The number of benzene rings is 2. The first-order valence-electron chi connectivity index (χ1n) is 5.91. The van der Waals surface area contributed by atoms with Gasteiger partial charge < -0.3 is 11.1 Å². The van der Waals surface area contributed by atoms with Gasteiger partial charge in [-0.3, -0.25) is 4.79 Å². The molecule has 0 unspecified atom stereocenters. The van der Waals surface area contributed by atoms with Crippen LogP contribution in [0.3, 0.4) is 0 Å². The second-order valence-electron chi connectivity index (χ2n) is 4.44. The maximum atomic E-state index is 12.2. The molecule has 2 aromatic carbocycles. The minimum Gasteiger partial charge on any atom is -0.399 e. The fourth-order valence-electron chi connectivity index (χ4n) is 1.79. The Kier molecular flexibility index (Phi) is 3.76. The largest absolute Gasteiger partial charge is 0.399 e. The van der Waals surface area contributed by atoms with Crippen molar-refractivity contribution in [3.8, 4) is 0 Å². The third kappa shape index (κ3) is 2.88. The van der Waals surface area contributed by atoms with Gasteiger partial charge in [0.2, 0.25) is 0 Å². The Morgan fingerprint density at radius 3 is 2.68 bits per heavy atom. The van der Waals surface area contributed by atoms with E-state index in [1.54, 1.807) is 18.2 Å². The maximum Gasteiger partial charge on any atom is 0.257 e. The summed E-state index contributed by atoms with van der Waals surface area (Å²) in [6, 6.07) is 10.6. The van der Waals surface area contributed by atoms with E-state index < -0.39 is 0 Å². The van der Waals surface area contributed by atoms with Gasteiger partial charge in [-0.15, -0.1) is 0 Å². The summed E-state index contributed by atoms with van der Waals surface area (Å²) in [7, 11) is 0. The Balaban J connectivity index is 2.31. The quantitative estimate of drug-likeness (QED) is 0.819. The zero-order valence-electron chi connectivity index (χ0n) is 10.8. The van der Waals surface area contributed by atoms with Gasteiger partial charge in [-0.2, -0.15) is 0 Å². The van der Waals surface area contributed by atoms with Gasteiger partial charge in [-0.25, -0.2) is 0 Å². The molecule has 0 saturated carbocycles. The fourth-order valence-corrected chi connectivity index (χ4v) is 2.00. The summed E-state index contributed by atoms with van der Waals surface area (Å²) in [5, 5.41) is 3.24. The number of carbonyl (C=O) groups excluding carboxylic acids is 1. The van der Waals surface area contributed by atoms with Crippen LogP contribution in [0.15, 0.2) is 36.4 Å². The van der Waals surface area contributed by atoms with Crippen molar-refractivity contribution in [3.63, 3.8) is 0 Å². The number of nitrogen functional groups attached to an aromatic ring is 1. The van der Waals surface area contributed by atoms with Crippen LogP contribution in [0, 0.1) is 13.8 Å². The van der Waals surface area contributed by atoms with E-state index in [9.17, 15) is 4.79 Å². The SMILES string of the molecule is Cc1cccc(NC(=O)c2cc(N)ccc2Cl)c1C. The predicted molar refractivity (Wildman–Crippen MR) is 79.7 cm³/mol. The van der Waals surface area contributed by atoms with Crippen molar-refractivity contribution in [1.82, 2.24) is 0 Å². The third-order valence-electron chi connectivity index (χ3n) is 3.09. The molecule has 2 aromatic rings. The van der Waals surface area contributed by atoms with Crippen LogP contribution in [0.2, 0.25) is 5.02 Å². The van der Waals surface area contributed by atoms with Crippen LogP contribution in [0.5, 0.6) is 0 Å². The lowest BCUT2D eigenvalue weighted by Gasteiger charge is -2.11. The van der Waals surface area contributed by atoms with Crippen LogP contribution in [0.1, 0.15) is 21.5 Å². The van der Waals surface area contributed by atoms with Crippen LogP contribution in [-0.4, -0.2) is 5.91 Å². The molecule has 98 valence electrons. The first kappa shape index (κ1) is 13.4. The average molecular weight is 275 g/mol. The van der Waals surface area contributed by atoms with Crippen LogP contribution in [0.4, 0.5) is 11.4 Å². The van der Waals surface area contributed by atoms with E-state index >= 15 is 0 Å². The number of rotatable bonds is 2. The lowest BCUT2D eigenvalue weighted by atomic mass is 10.1. The molecule has 0 fully saturated rings. The van der Waals surface area contributed by atoms with Gasteiger partial charge >= 0.3 is 0 Å². The topological polar surface area (TPSA) is 55.1 Å². The van der Waals surface area contributed by atoms with Gasteiger partial charge in [0.25, 0.3) is 5.91 Å². The number of carbonyl (C=O) groups is 1. The minimum atomic E-state index is -0.258. The first-order valence-corrected chi connectivity index (χ1v) is 6.29. The molecule has 0 heterocycles. The summed E-state index contributed by atoms with van der Waals surface area (Å²) in [6.45, 7) is 3.96. The van der Waals surface area contributed by atoms with Crippen molar-refractivity contribution >= 4 is 28.9 Å². The van der Waals surface area contributed by atoms with Crippen molar-refractivity contribution in [1.29, 1.82) is 0 Å². The Labute approximate surface area is 117 Å². The highest BCUT2D eigenvalue weighted by Crippen LogP contribution is 2.22. The summed E-state index contributed by atoms with van der Waals surface area (Å²) in [5.74, 6) is -0.258. The first-order chi connectivity index (χ1) is 8.99. The highest BCUT2D eigenvalue weighted by atomic mass is 35.5. The highest BCUT2D eigenvalue weighted by molar-refractivity contribution is 6.34. The van der Waals surface area contributed by atoms with Gasteiger partial charge in [0, 0.05) is 11.4 Å². The number of hydrogen-bond acceptors (Lipinski definition) is 2. The summed E-state index contributed by atoms with van der Waals surface area (Å²) in [5.41, 5.74) is 9.50. The van der Waals surface area contributed by atoms with Gasteiger partial charge in [-0.05, 0) is 49.2 Å². The Hall–Kier alpha value is -2.00. The molecule has 3 nitrogen and oxygen atoms in total. The molecule has 3 N–H and O–H groups in total. The highest BCUT2D eigenvalue weighted by Gasteiger charge is 2.12. The number of nitrogens with two attached hydrogens (primary N) is 1. The molecule has 2 rings (SSSR count). The van der Waals surface area contributed by atoms with Crippen molar-refractivity contribution in [3.05, 3.63) is 58.1 Å². The molecule has 4 heteroatoms. The smallest absolute Gasteiger partial charge is 0.257 e. The monoisotopic (exact) mass is 274 g/mol. The van der Waals surface area contributed by atoms with Gasteiger partial charge in [0.05, 0.1) is 10.6 Å². The molecular weight excluding hydrogens is 260 g/mol. The van der Waals surface area contributed by atoms with Gasteiger partial charge in [0.1, 0.15) is 0 Å². The van der Waals surface area contributed by atoms with E-state index in [1.165, 1.54) is 0 Å². The molecule has 0 radical (unpaired) electrons. The zero-order chi connectivity index (χ0) is 14.0. The van der Waals surface area contributed by atoms with Crippen LogP contribution < -0.4 is 11.1 Å². The number of nitrogens with one attached hydrogen (secondary N) is 1. The number of aryl methyl sites for hydroxylation is 1. The maximum absolute atomic E-state index is 12.2. The second-order valence-corrected chi connectivity index (χ2v) is 4.85. The number of anilines is 2. The molecule has 0 spiro atoms. The molecule has 0 aliphatic carbocycles. The molecule has 1 amide bonds. The van der Waals surface area contributed by atoms with E-state index in [1.807, 2.05) is 32.0 Å². The number of amides is 1. The van der Waals surface area contributed by atoms with Crippen LogP contribution in [0.25, 0.3) is 0 Å². The van der Waals surface area contributed by atoms with E-state index in [-0.39, 0.29) is 5.91 Å². The standard InChI is InChI=1S/C15H15ClN2O/c1-9-4-3-5-14(10(9)2)18-15(19)12-8-11(17)6-7-13(12)16/h3-8H,17H2,1-2H3,(H,18,19). The third-order valence-corrected chi connectivity index (χ3v) is 3.42. The molecule has 0 aliphatic heterocycles. The molecular formula is C15H15ClN2O. The molecule has 19 heavy (non-hydrogen) atoms. The Bertz CT molecular complexity index is 638. The van der Waals surface area contributed by atoms with Gasteiger partial charge in [0.15, 0.2) is 0 Å². The molecule has 0 aromatic heterocycles. The van der Waals surface area contributed by atoms with Crippen LogP contribution in [-0.2, 0) is 0 Å². The molecule has 0 atom stereocenters. The fraction of sp³-hybridized carbons (Fsp3) is 0.133. The summed E-state index contributed by atoms with van der Waals surface area (Å²) in [6.07, 6.45) is 0. The van der Waals surface area contributed by atoms with E-state index in [2.05, 4.69) is 5.32 Å². The van der Waals surface area contributed by atoms with Crippen molar-refractivity contribution in [2.24, 2.45) is 0 Å². The number of hydrogen-bond donors (Lipinski definition) is 2. The van der Waals surface area contributed by atoms with E-state index in [0.717, 1.165) is 16.8 Å². The summed E-state index contributed by atoms with van der Waals surface area (Å²) < 4.78 is 0. The van der Waals surface area contributed by atoms with Crippen molar-refractivity contribution in [2.45, 2.75) is 13.8 Å². The second kappa shape index (κ2) is 5.33. The summed E-state index contributed by atoms with van der Waals surface area (Å²) >= 11 is 6.01. The summed E-state index contributed by atoms with van der Waals surface area (Å²) in [4.78, 5) is 12.2. The predicted octanol–water partition coefficient (Wildman–Crippen LogP) is 3.79. The molecule has 0 saturated heterocycles. The Morgan fingerprint density at radius 2 is 1.95 bits per heavy atom. The minimum absolute atomic E-state index is 0.258. The van der Waals surface area contributed by atoms with Crippen LogP contribution >= 0.6 is 11.6 Å². The molecule has 0 aliphatic rings. The Morgan fingerprint density at radius 1 is 1.21 bits per heavy atom. The van der Waals surface area contributed by atoms with E-state index in [4.69, 9.17) is 17.3 Å². The lowest BCUT2D eigenvalue weighted by Crippen LogP contribution is -2.14. The zero-order valence-corrected chi connectivity index (χ0v) is 11.6. The lowest BCUT2D eigenvalue weighted by molar-refractivity contribution is 0.102. The van der Waals surface area contributed by atoms with Gasteiger partial charge in [-0.1, -0.05) is 23.7 Å². The molecule has 0 bridgehead atoms. The van der Waals surface area contributed by atoms with E-state index in [0.29, 0.717) is 16.3 Å². The average Bonchev–Trinajstić information content (AvgIpc) is 2.38. The normalized spacial score (nSPS) is 10.3. The van der Waals surface area contributed by atoms with Crippen molar-refractivity contribution < 1.29 is 4.79 Å². The number of halogens is 1.